The number of methoxy groups -OCH3 is 1. The van der Waals surface area contributed by atoms with Crippen molar-refractivity contribution in [3.8, 4) is 0 Å². The smallest absolute Gasteiger partial charge is 0.187 e. The fraction of sp³-hybridized carbons (Fsp3) is 1.00. The molecule has 0 aromatic rings. The molecule has 8 saturated heterocycles. The summed E-state index contributed by atoms with van der Waals surface area (Å²) >= 11 is 0. The first kappa shape index (κ1) is 68.4. The maximum Gasteiger partial charge on any atom is 0.187 e. The molecular formula is C46H78O38. The maximum atomic E-state index is 11.9. The zero-order valence-corrected chi connectivity index (χ0v) is 44.4. The second-order valence-corrected chi connectivity index (χ2v) is 21.3. The first-order valence-electron chi connectivity index (χ1n) is 26.8. The molecule has 0 amide bonds. The normalized spacial score (nSPS) is 53.0. The van der Waals surface area contributed by atoms with Gasteiger partial charge in [-0.1, -0.05) is 0 Å². The Labute approximate surface area is 474 Å². The molecule has 13 unspecified atom stereocenters. The van der Waals surface area contributed by atoms with Crippen molar-refractivity contribution in [1.29, 1.82) is 0 Å². The van der Waals surface area contributed by atoms with E-state index in [4.69, 9.17) is 75.8 Å². The summed E-state index contributed by atoms with van der Waals surface area (Å²) in [5, 5.41) is 234. The van der Waals surface area contributed by atoms with Crippen LogP contribution in [0.4, 0.5) is 0 Å². The predicted octanol–water partition coefficient (Wildman–Crippen LogP) is -15.9. The monoisotopic (exact) mass is 1240 g/mol. The summed E-state index contributed by atoms with van der Waals surface area (Å²) in [4.78, 5) is 0. The van der Waals surface area contributed by atoms with E-state index in [9.17, 15) is 112 Å². The van der Waals surface area contributed by atoms with E-state index in [0.717, 1.165) is 7.11 Å². The van der Waals surface area contributed by atoms with Gasteiger partial charge in [-0.3, -0.25) is 0 Å². The van der Waals surface area contributed by atoms with E-state index in [1.165, 1.54) is 0 Å². The number of aliphatic hydroxyl groups is 22. The van der Waals surface area contributed by atoms with Gasteiger partial charge in [-0.05, 0) is 0 Å². The molecule has 0 aliphatic carbocycles. The lowest BCUT2D eigenvalue weighted by molar-refractivity contribution is -0.385. The van der Waals surface area contributed by atoms with Crippen molar-refractivity contribution >= 4 is 0 Å². The van der Waals surface area contributed by atoms with Crippen LogP contribution in [0.5, 0.6) is 0 Å². The molecule has 0 aromatic carbocycles. The van der Waals surface area contributed by atoms with Crippen LogP contribution in [0, 0.1) is 0 Å². The van der Waals surface area contributed by atoms with Crippen molar-refractivity contribution in [3.05, 3.63) is 0 Å². The molecule has 0 bridgehead atoms. The average Bonchev–Trinajstić information content (AvgIpc) is 4.18. The number of hydrogen-bond donors (Lipinski definition) is 22. The van der Waals surface area contributed by atoms with Gasteiger partial charge in [0.1, 0.15) is 177 Å². The molecule has 0 saturated carbocycles. The third-order valence-electron chi connectivity index (χ3n) is 15.8. The van der Waals surface area contributed by atoms with Gasteiger partial charge in [0.05, 0.1) is 52.9 Å². The lowest BCUT2D eigenvalue weighted by Crippen LogP contribution is -2.67. The van der Waals surface area contributed by atoms with E-state index in [-0.39, 0.29) is 0 Å². The molecule has 38 nitrogen and oxygen atoms in total. The molecule has 22 N–H and O–H groups in total. The minimum Gasteiger partial charge on any atom is -0.394 e. The van der Waals surface area contributed by atoms with Gasteiger partial charge in [0.15, 0.2) is 50.3 Å². The van der Waals surface area contributed by atoms with Crippen LogP contribution < -0.4 is 0 Å². The summed E-state index contributed by atoms with van der Waals surface area (Å²) in [6, 6.07) is 0. The van der Waals surface area contributed by atoms with Gasteiger partial charge in [0.25, 0.3) is 0 Å². The minimum atomic E-state index is -2.29. The van der Waals surface area contributed by atoms with Crippen LogP contribution in [0.3, 0.4) is 0 Å². The van der Waals surface area contributed by atoms with Crippen LogP contribution in [0.1, 0.15) is 0 Å². The number of ether oxygens (including phenoxy) is 16. The summed E-state index contributed by atoms with van der Waals surface area (Å²) in [7, 11) is 1.05. The summed E-state index contributed by atoms with van der Waals surface area (Å²) < 4.78 is 89.3. The fourth-order valence-corrected chi connectivity index (χ4v) is 10.7. The summed E-state index contributed by atoms with van der Waals surface area (Å²) in [5.41, 5.74) is 0. The Bertz CT molecular complexity index is 1990. The van der Waals surface area contributed by atoms with Gasteiger partial charge < -0.3 is 188 Å². The van der Waals surface area contributed by atoms with Gasteiger partial charge in [-0.2, -0.15) is 0 Å². The molecule has 8 rings (SSSR count). The van der Waals surface area contributed by atoms with E-state index in [1.54, 1.807) is 0 Å². The fourth-order valence-electron chi connectivity index (χ4n) is 10.7. The molecule has 8 aliphatic heterocycles. The molecule has 0 radical (unpaired) electrons. The third kappa shape index (κ3) is 14.3. The standard InChI is InChI=1S/C46H78O38/c1-69-36-22(55)16(8-72-42-30(63)26(59)21(54)14(79-42)6-70-41-29(62)25(58)18(51)10(2-47)75-41)80-45(33(36)66)84-38-24(57)17(9-71-40-27(60)19(52)11(3-48)76-40)81-46(34(38)67)83-37-23(56)15(74-39(68)31(37)64)7-73-43-32(65)35(13(5-50)78-43)82-44-28(61)20(53)12(4-49)77-44/h10-68H,2-9H2,1H3/t10?,11-,12-,13-,14?,15?,16?,17?,18+,19-,20-,21+,22+,23+,24+,25-,26-,27?,28?,29?,30?,31?,32?,33?,34?,35-,36-,37-,38-,39-,40+,41-,42-,43+,44+,45+,46+/m1/s1. The van der Waals surface area contributed by atoms with Gasteiger partial charge in [0.2, 0.25) is 0 Å². The van der Waals surface area contributed by atoms with Crippen molar-refractivity contribution < 1.29 is 188 Å². The van der Waals surface area contributed by atoms with E-state index in [2.05, 4.69) is 0 Å². The highest BCUT2D eigenvalue weighted by Crippen LogP contribution is 2.37. The zero-order valence-electron chi connectivity index (χ0n) is 44.4. The Kier molecular flexibility index (Phi) is 24.1. The first-order chi connectivity index (χ1) is 39.9. The Morgan fingerprint density at radius 3 is 0.940 bits per heavy atom. The van der Waals surface area contributed by atoms with Gasteiger partial charge >= 0.3 is 0 Å². The van der Waals surface area contributed by atoms with E-state index >= 15 is 0 Å². The van der Waals surface area contributed by atoms with Gasteiger partial charge in [-0.25, -0.2) is 0 Å². The highest BCUT2D eigenvalue weighted by Gasteiger charge is 2.57. The van der Waals surface area contributed by atoms with Crippen molar-refractivity contribution in [2.75, 3.05) is 60.0 Å². The Hall–Kier alpha value is -1.52. The average molecular weight is 1240 g/mol. The van der Waals surface area contributed by atoms with Gasteiger partial charge in [0, 0.05) is 7.11 Å². The van der Waals surface area contributed by atoms with Crippen molar-refractivity contribution in [2.45, 2.75) is 227 Å². The zero-order chi connectivity index (χ0) is 61.3. The van der Waals surface area contributed by atoms with Crippen molar-refractivity contribution in [3.63, 3.8) is 0 Å². The lowest BCUT2D eigenvalue weighted by atomic mass is 9.95. The van der Waals surface area contributed by atoms with Crippen LogP contribution in [0.25, 0.3) is 0 Å². The third-order valence-corrected chi connectivity index (χ3v) is 15.8. The summed E-state index contributed by atoms with van der Waals surface area (Å²) in [5.74, 6) is 0. The SMILES string of the molecule is CO[C@H]1C(O)[C@H](O[C@H]2C(O)[C@H](O[C@H]3C(O)[C@H](O)OC(CO[C@H]4O[C@H](CO)[C@@H](O[C@@H]5O[C@H](CO)[C@@H](O)C5O)C4O)[C@@H]3O)OC(CO[C@H]3O[C@H](CO)[C@@H](O)C3O)[C@@H]2O)OC(CO[C@@H]2OC(CO[C@@H]3OC(CO)[C@H](O)[C@@H](O)C3O)[C@H](O)[C@@H](O)C2O)[C@@H]1O. The molecule has 8 fully saturated rings. The Balaban J connectivity index is 0.950. The predicted molar refractivity (Wildman–Crippen MR) is 251 cm³/mol. The number of rotatable bonds is 23. The largest absolute Gasteiger partial charge is 0.394 e. The molecule has 38 heteroatoms. The van der Waals surface area contributed by atoms with E-state index in [1.807, 2.05) is 0 Å². The molecule has 0 aromatic heterocycles. The molecule has 8 heterocycles. The van der Waals surface area contributed by atoms with Crippen LogP contribution in [-0.4, -0.2) is 400 Å². The molecular weight excluding hydrogens is 1160 g/mol. The molecule has 84 heavy (non-hydrogen) atoms. The van der Waals surface area contributed by atoms with Crippen LogP contribution >= 0.6 is 0 Å². The summed E-state index contributed by atoms with van der Waals surface area (Å²) in [6.07, 6.45) is -66.9. The summed E-state index contributed by atoms with van der Waals surface area (Å²) in [6.45, 7) is -6.32. The van der Waals surface area contributed by atoms with Crippen LogP contribution in [0.2, 0.25) is 0 Å². The molecule has 0 spiro atoms. The van der Waals surface area contributed by atoms with E-state index < -0.39 is 280 Å². The van der Waals surface area contributed by atoms with E-state index in [0.29, 0.717) is 0 Å². The lowest BCUT2D eigenvalue weighted by Gasteiger charge is -2.48. The molecule has 37 atom stereocenters. The highest BCUT2D eigenvalue weighted by atomic mass is 16.8. The highest BCUT2D eigenvalue weighted by molar-refractivity contribution is 4.99. The van der Waals surface area contributed by atoms with Crippen LogP contribution in [-0.2, 0) is 75.8 Å². The van der Waals surface area contributed by atoms with Crippen molar-refractivity contribution in [1.82, 2.24) is 0 Å². The first-order valence-corrected chi connectivity index (χ1v) is 26.8. The topological polar surface area (TPSA) is 593 Å². The minimum absolute atomic E-state index is 0.709. The maximum absolute atomic E-state index is 11.9. The van der Waals surface area contributed by atoms with Gasteiger partial charge in [-0.15, -0.1) is 0 Å². The second kappa shape index (κ2) is 29.6. The molecule has 8 aliphatic rings. The van der Waals surface area contributed by atoms with Crippen molar-refractivity contribution in [2.24, 2.45) is 0 Å². The van der Waals surface area contributed by atoms with Crippen LogP contribution in [0.15, 0.2) is 0 Å². The number of aliphatic hydroxyl groups excluding tert-OH is 22. The Morgan fingerprint density at radius 2 is 0.500 bits per heavy atom. The number of hydrogen-bond acceptors (Lipinski definition) is 38. The Morgan fingerprint density at radius 1 is 0.238 bits per heavy atom. The quantitative estimate of drug-likeness (QED) is 0.0452. The second-order valence-electron chi connectivity index (χ2n) is 21.3. The molecule has 490 valence electrons.